The van der Waals surface area contributed by atoms with Gasteiger partial charge in [-0.25, -0.2) is 30.0 Å². The lowest BCUT2D eigenvalue weighted by Gasteiger charge is -2.17. The number of carboxylic acids is 4. The topological polar surface area (TPSA) is 285 Å². The molecule has 12 rings (SSSR count). The maximum absolute atomic E-state index is 12.1. The standard InChI is InChI=1S/C64H50N12O8/c1-75-33-31-65-63(75)61-53-23-19-49(71-53)37(7-27-57(77)78)45-15-11-41(67-45)35(42-12-16-46(68-42)38(8-28-58(79)80)50-20-24-54(61)72-50)5-3-4-6-36-43-13-17-47(69-43)39(9-29-59(81)82)51-21-25-55(73-51)62(64-66-32-34-76(64)2)56-26-22-52(74-56)40(10-30-60(83)84)48-18-14-44(36)70-48/h11-26,31-34,65-66,71,73H,7-10,27-30H2,1-2H3,(H,77,78)(H,79,80)(H,81,82)(H,83,84)/b42-35?,44-36?,45-37?,47-39?,50-38?,52-40?,63-61+,64-62+. The normalized spacial score (nSPS) is 20.5. The fourth-order valence-corrected chi connectivity index (χ4v) is 10.7. The Morgan fingerprint density at radius 3 is 1.08 bits per heavy atom. The molecular formula is C64H50N12O8. The van der Waals surface area contributed by atoms with Crippen LogP contribution in [0.2, 0.25) is 0 Å². The number of aromatic nitrogens is 2. The minimum absolute atomic E-state index is 0.113. The van der Waals surface area contributed by atoms with Crippen molar-refractivity contribution < 1.29 is 39.6 Å². The van der Waals surface area contributed by atoms with Crippen LogP contribution in [0, 0.1) is 23.7 Å². The Bertz CT molecular complexity index is 4010. The van der Waals surface area contributed by atoms with Crippen molar-refractivity contribution in [1.82, 2.24) is 30.4 Å². The van der Waals surface area contributed by atoms with Gasteiger partial charge in [0.2, 0.25) is 0 Å². The molecule has 84 heavy (non-hydrogen) atoms. The Labute approximate surface area is 480 Å². The number of carboxylic acid groups (broad SMARTS) is 4. The molecule has 0 unspecified atom stereocenters. The van der Waals surface area contributed by atoms with E-state index in [-0.39, 0.29) is 51.4 Å². The van der Waals surface area contributed by atoms with Gasteiger partial charge < -0.3 is 50.8 Å². The van der Waals surface area contributed by atoms with Crippen LogP contribution in [0.3, 0.4) is 0 Å². The van der Waals surface area contributed by atoms with Crippen molar-refractivity contribution in [2.45, 2.75) is 51.4 Å². The maximum Gasteiger partial charge on any atom is 0.303 e. The number of aliphatic imine (C=N–C) groups is 6. The Kier molecular flexibility index (Phi) is 14.1. The van der Waals surface area contributed by atoms with Gasteiger partial charge in [0.1, 0.15) is 11.6 Å². The van der Waals surface area contributed by atoms with E-state index < -0.39 is 23.9 Å². The monoisotopic (exact) mass is 1110 g/mol. The molecule has 0 aromatic carbocycles. The highest BCUT2D eigenvalue weighted by Crippen LogP contribution is 2.38. The molecule has 0 saturated carbocycles. The lowest BCUT2D eigenvalue weighted by Crippen LogP contribution is -2.19. The third kappa shape index (κ3) is 10.6. The Balaban J connectivity index is 1.02. The summed E-state index contributed by atoms with van der Waals surface area (Å²) in [4.78, 5) is 90.0. The van der Waals surface area contributed by atoms with Crippen LogP contribution in [0.5, 0.6) is 0 Å². The number of aliphatic carboxylic acids is 4. The first-order chi connectivity index (χ1) is 40.7. The van der Waals surface area contributed by atoms with Gasteiger partial charge in [-0.1, -0.05) is 0 Å². The summed E-state index contributed by atoms with van der Waals surface area (Å²) in [6.07, 6.45) is 28.9. The van der Waals surface area contributed by atoms with Gasteiger partial charge in [-0.3, -0.25) is 19.2 Å². The molecule has 2 aromatic rings. The molecule has 0 spiro atoms. The van der Waals surface area contributed by atoms with E-state index in [1.54, 1.807) is 48.6 Å². The number of H-pyrrole nitrogens is 2. The third-order valence-corrected chi connectivity index (χ3v) is 14.8. The summed E-state index contributed by atoms with van der Waals surface area (Å²) in [5, 5.41) is 46.4. The van der Waals surface area contributed by atoms with E-state index in [9.17, 15) is 39.6 Å². The Morgan fingerprint density at radius 1 is 0.405 bits per heavy atom. The van der Waals surface area contributed by atoms with Crippen molar-refractivity contribution in [2.75, 3.05) is 14.1 Å². The summed E-state index contributed by atoms with van der Waals surface area (Å²) in [6.45, 7) is 0. The second-order valence-electron chi connectivity index (χ2n) is 20.2. The van der Waals surface area contributed by atoms with Crippen molar-refractivity contribution in [2.24, 2.45) is 30.0 Å². The summed E-state index contributed by atoms with van der Waals surface area (Å²) in [7, 11) is 3.80. The molecule has 0 aliphatic carbocycles. The van der Waals surface area contributed by atoms with Crippen LogP contribution in [0.15, 0.2) is 220 Å². The van der Waals surface area contributed by atoms with E-state index in [4.69, 9.17) is 30.0 Å². The first-order valence-corrected chi connectivity index (χ1v) is 26.9. The number of rotatable bonds is 12. The molecule has 20 heteroatoms. The van der Waals surface area contributed by atoms with E-state index in [0.29, 0.717) is 125 Å². The Hall–Kier alpha value is -11.4. The number of nitrogens with one attached hydrogen (secondary N) is 4. The second-order valence-corrected chi connectivity index (χ2v) is 20.2. The summed E-state index contributed by atoms with van der Waals surface area (Å²) < 4.78 is 0. The summed E-state index contributed by atoms with van der Waals surface area (Å²) in [5.41, 5.74) is 13.2. The van der Waals surface area contributed by atoms with Crippen molar-refractivity contribution in [3.05, 3.63) is 213 Å². The fraction of sp³-hybridized carbons (Fsp3) is 0.156. The van der Waals surface area contributed by atoms with Gasteiger partial charge in [-0.05, 0) is 147 Å². The van der Waals surface area contributed by atoms with E-state index in [0.717, 1.165) is 22.8 Å². The SMILES string of the molecule is CN1C=CN/C1=C1\C2=NC(=C(CCC(=O)O)C3=NC(=C(C#CC#CC4=C5C=CC(=N5)C(CCC(=O)O)=C5C=CC(=N5)/C(=C5\NC=CN5C)c5ccc([nH]5)C(CCC(=O)O)=C5C=CC4=N5)C4=NC(=C(CCC(=O)O)c5ccc1[nH]5)C=C4)C=C3)C=C2. The minimum Gasteiger partial charge on any atom is -0.481 e. The number of carbonyl (C=O) groups is 4. The van der Waals surface area contributed by atoms with Gasteiger partial charge >= 0.3 is 23.9 Å². The van der Waals surface area contributed by atoms with Crippen LogP contribution in [-0.4, -0.2) is 112 Å². The molecule has 16 bridgehead atoms. The average Bonchev–Trinajstić information content (AvgIpc) is 4.43. The van der Waals surface area contributed by atoms with Gasteiger partial charge in [0.05, 0.1) is 102 Å². The number of allylic oxidation sites excluding steroid dienone is 20. The zero-order valence-corrected chi connectivity index (χ0v) is 45.2. The molecule has 10 aliphatic heterocycles. The van der Waals surface area contributed by atoms with Crippen LogP contribution in [0.1, 0.15) is 74.1 Å². The molecule has 12 heterocycles. The smallest absolute Gasteiger partial charge is 0.303 e. The van der Waals surface area contributed by atoms with Gasteiger partial charge in [0, 0.05) is 98.3 Å². The zero-order chi connectivity index (χ0) is 58.2. The zero-order valence-electron chi connectivity index (χ0n) is 45.2. The highest BCUT2D eigenvalue weighted by atomic mass is 16.4. The third-order valence-electron chi connectivity index (χ3n) is 14.8. The average molecular weight is 1120 g/mol. The van der Waals surface area contributed by atoms with Gasteiger partial charge in [0.15, 0.2) is 0 Å². The predicted molar refractivity (Wildman–Crippen MR) is 320 cm³/mol. The number of hydrogen-bond donors (Lipinski definition) is 8. The highest BCUT2D eigenvalue weighted by molar-refractivity contribution is 6.32. The summed E-state index contributed by atoms with van der Waals surface area (Å²) in [6, 6.07) is 7.58. The number of aromatic amines is 2. The van der Waals surface area contributed by atoms with Gasteiger partial charge in [-0.15, -0.1) is 0 Å². The van der Waals surface area contributed by atoms with Crippen LogP contribution >= 0.6 is 0 Å². The molecular weight excluding hydrogens is 1060 g/mol. The van der Waals surface area contributed by atoms with Crippen molar-refractivity contribution in [3.63, 3.8) is 0 Å². The van der Waals surface area contributed by atoms with Crippen molar-refractivity contribution >= 4 is 80.4 Å². The molecule has 10 aliphatic rings. The second kappa shape index (κ2) is 22.3. The first kappa shape index (κ1) is 53.3. The molecule has 0 fully saturated rings. The van der Waals surface area contributed by atoms with Crippen LogP contribution < -0.4 is 10.6 Å². The molecule has 2 aromatic heterocycles. The van der Waals surface area contributed by atoms with Crippen LogP contribution in [0.4, 0.5) is 0 Å². The molecule has 0 atom stereocenters. The molecule has 8 N–H and O–H groups in total. The van der Waals surface area contributed by atoms with E-state index >= 15 is 0 Å². The fourth-order valence-electron chi connectivity index (χ4n) is 10.7. The van der Waals surface area contributed by atoms with Gasteiger partial charge in [0.25, 0.3) is 0 Å². The van der Waals surface area contributed by atoms with Crippen molar-refractivity contribution in [3.8, 4) is 23.7 Å². The highest BCUT2D eigenvalue weighted by Gasteiger charge is 2.30. The molecule has 0 radical (unpaired) electrons. The molecule has 0 saturated heterocycles. The Morgan fingerprint density at radius 2 is 0.714 bits per heavy atom. The lowest BCUT2D eigenvalue weighted by molar-refractivity contribution is -0.137. The van der Waals surface area contributed by atoms with Crippen LogP contribution in [-0.2, 0) is 19.2 Å². The number of nitrogens with zero attached hydrogens (tertiary/aromatic N) is 8. The summed E-state index contributed by atoms with van der Waals surface area (Å²) >= 11 is 0. The maximum atomic E-state index is 12.1. The number of hydrogen-bond acceptors (Lipinski definition) is 14. The number of fused-ring (bicyclic) bond motifs is 10. The van der Waals surface area contributed by atoms with E-state index in [1.807, 2.05) is 97.3 Å². The van der Waals surface area contributed by atoms with E-state index in [2.05, 4.69) is 44.3 Å². The quantitative estimate of drug-likeness (QED) is 0.0931. The molecule has 0 amide bonds. The molecule has 20 nitrogen and oxygen atoms in total. The minimum atomic E-state index is -0.990. The molecule has 414 valence electrons. The van der Waals surface area contributed by atoms with Crippen molar-refractivity contribution in [1.29, 1.82) is 0 Å². The summed E-state index contributed by atoms with van der Waals surface area (Å²) in [5.74, 6) is 10.1. The largest absolute Gasteiger partial charge is 0.481 e. The lowest BCUT2D eigenvalue weighted by atomic mass is 10.0. The first-order valence-electron chi connectivity index (χ1n) is 26.9. The van der Waals surface area contributed by atoms with Crippen LogP contribution in [0.25, 0.3) is 22.3 Å². The van der Waals surface area contributed by atoms with Gasteiger partial charge in [-0.2, -0.15) is 0 Å². The van der Waals surface area contributed by atoms with E-state index in [1.165, 1.54) is 0 Å². The predicted octanol–water partition coefficient (Wildman–Crippen LogP) is 8.39.